The summed E-state index contributed by atoms with van der Waals surface area (Å²) < 4.78 is 0. The number of benzene rings is 1. The number of hydrogen-bond acceptors (Lipinski definition) is 3. The number of carbonyl (C=O) groups excluding carboxylic acids is 1. The lowest BCUT2D eigenvalue weighted by Crippen LogP contribution is -2.44. The molecule has 1 amide bonds. The Morgan fingerprint density at radius 2 is 2.08 bits per heavy atom. The van der Waals surface area contributed by atoms with Crippen LogP contribution in [-0.4, -0.2) is 39.6 Å². The average Bonchev–Trinajstić information content (AvgIpc) is 3.19. The number of pyridine rings is 1. The molecular weight excluding hydrogens is 324 g/mol. The fourth-order valence-electron chi connectivity index (χ4n) is 5.03. The summed E-state index contributed by atoms with van der Waals surface area (Å²) in [7, 11) is 0. The second kappa shape index (κ2) is 6.84. The van der Waals surface area contributed by atoms with E-state index in [1.807, 2.05) is 37.3 Å². The van der Waals surface area contributed by atoms with Gasteiger partial charge in [0.1, 0.15) is 0 Å². The van der Waals surface area contributed by atoms with Crippen molar-refractivity contribution < 1.29 is 9.90 Å². The highest BCUT2D eigenvalue weighted by atomic mass is 16.3. The van der Waals surface area contributed by atoms with Crippen molar-refractivity contribution in [1.82, 2.24) is 9.88 Å². The van der Waals surface area contributed by atoms with E-state index < -0.39 is 0 Å². The van der Waals surface area contributed by atoms with Crippen molar-refractivity contribution in [2.24, 2.45) is 5.41 Å². The fraction of sp³-hybridized carbons (Fsp3) is 0.455. The minimum atomic E-state index is -0.208. The van der Waals surface area contributed by atoms with Gasteiger partial charge in [-0.25, -0.2) is 0 Å². The molecule has 2 aliphatic heterocycles. The van der Waals surface area contributed by atoms with E-state index in [9.17, 15) is 9.90 Å². The molecule has 2 bridgehead atoms. The summed E-state index contributed by atoms with van der Waals surface area (Å²) in [6.45, 7) is 2.15. The largest absolute Gasteiger partial charge is 0.396 e. The molecule has 2 fully saturated rings. The zero-order valence-electron chi connectivity index (χ0n) is 15.3. The van der Waals surface area contributed by atoms with E-state index in [-0.39, 0.29) is 30.0 Å². The van der Waals surface area contributed by atoms with Crippen LogP contribution in [0.3, 0.4) is 0 Å². The Balaban J connectivity index is 1.54. The summed E-state index contributed by atoms with van der Waals surface area (Å²) in [5, 5.41) is 10.3. The van der Waals surface area contributed by atoms with E-state index in [2.05, 4.69) is 22.0 Å². The predicted molar refractivity (Wildman–Crippen MR) is 101 cm³/mol. The Morgan fingerprint density at radius 3 is 2.81 bits per heavy atom. The number of aromatic nitrogens is 1. The Kier molecular flexibility index (Phi) is 4.53. The highest BCUT2D eigenvalue weighted by Gasteiger charge is 2.56. The topological polar surface area (TPSA) is 53.4 Å². The van der Waals surface area contributed by atoms with Crippen molar-refractivity contribution in [2.75, 3.05) is 6.61 Å². The van der Waals surface area contributed by atoms with Crippen molar-refractivity contribution in [3.05, 3.63) is 65.5 Å². The van der Waals surface area contributed by atoms with Crippen LogP contribution < -0.4 is 0 Å². The molecule has 0 radical (unpaired) electrons. The highest BCUT2D eigenvalue weighted by molar-refractivity contribution is 5.80. The minimum Gasteiger partial charge on any atom is -0.396 e. The number of rotatable bonds is 5. The molecular formula is C22H26N2O2. The van der Waals surface area contributed by atoms with Crippen LogP contribution in [0.2, 0.25) is 0 Å². The van der Waals surface area contributed by atoms with Crippen molar-refractivity contribution in [1.29, 1.82) is 0 Å². The number of nitrogens with zero attached hydrogens (tertiary/aromatic N) is 2. The first-order chi connectivity index (χ1) is 12.6. The molecule has 0 aliphatic carbocycles. The Hall–Kier alpha value is -2.20. The monoisotopic (exact) mass is 350 g/mol. The predicted octanol–water partition coefficient (Wildman–Crippen LogP) is 2.92. The second-order valence-corrected chi connectivity index (χ2v) is 7.94. The number of fused-ring (bicyclic) bond motifs is 2. The highest BCUT2D eigenvalue weighted by Crippen LogP contribution is 2.51. The third kappa shape index (κ3) is 3.03. The summed E-state index contributed by atoms with van der Waals surface area (Å²) in [6, 6.07) is 14.7. The van der Waals surface area contributed by atoms with Crippen LogP contribution in [0.25, 0.3) is 0 Å². The molecule has 0 unspecified atom stereocenters. The third-order valence-electron chi connectivity index (χ3n) is 6.16. The minimum absolute atomic E-state index is 0.134. The molecule has 26 heavy (non-hydrogen) atoms. The SMILES string of the molecule is Cc1ccnc(CC(=O)N2[C@@H]3CC[C@H]2[C@](CO)(Cc2ccccc2)C3)c1. The molecule has 3 heterocycles. The van der Waals surface area contributed by atoms with Crippen LogP contribution in [0.4, 0.5) is 0 Å². The van der Waals surface area contributed by atoms with Crippen LogP contribution in [0.1, 0.15) is 36.1 Å². The Morgan fingerprint density at radius 1 is 1.27 bits per heavy atom. The van der Waals surface area contributed by atoms with Crippen LogP contribution in [0, 0.1) is 12.3 Å². The molecule has 2 saturated heterocycles. The first kappa shape index (κ1) is 17.2. The molecule has 1 N–H and O–H groups in total. The maximum atomic E-state index is 13.0. The second-order valence-electron chi connectivity index (χ2n) is 7.94. The zero-order chi connectivity index (χ0) is 18.1. The smallest absolute Gasteiger partial charge is 0.229 e. The van der Waals surface area contributed by atoms with Gasteiger partial charge in [0.15, 0.2) is 0 Å². The average molecular weight is 350 g/mol. The van der Waals surface area contributed by atoms with Crippen LogP contribution in [-0.2, 0) is 17.6 Å². The van der Waals surface area contributed by atoms with Gasteiger partial charge in [0, 0.05) is 29.4 Å². The first-order valence-corrected chi connectivity index (χ1v) is 9.49. The van der Waals surface area contributed by atoms with Gasteiger partial charge in [0.2, 0.25) is 5.91 Å². The molecule has 136 valence electrons. The molecule has 1 aromatic heterocycles. The van der Waals surface area contributed by atoms with Crippen LogP contribution in [0.5, 0.6) is 0 Å². The number of amides is 1. The van der Waals surface area contributed by atoms with Gasteiger partial charge >= 0.3 is 0 Å². The quantitative estimate of drug-likeness (QED) is 0.902. The maximum Gasteiger partial charge on any atom is 0.229 e. The molecule has 1 aromatic carbocycles. The summed E-state index contributed by atoms with van der Waals surface area (Å²) in [4.78, 5) is 19.5. The summed E-state index contributed by atoms with van der Waals surface area (Å²) in [6.07, 6.45) is 5.89. The molecule has 0 saturated carbocycles. The molecule has 0 spiro atoms. The fourth-order valence-corrected chi connectivity index (χ4v) is 5.03. The lowest BCUT2D eigenvalue weighted by atomic mass is 9.70. The number of aliphatic hydroxyl groups excluding tert-OH is 1. The summed E-state index contributed by atoms with van der Waals surface area (Å²) in [5.74, 6) is 0.152. The van der Waals surface area contributed by atoms with Gasteiger partial charge in [-0.3, -0.25) is 9.78 Å². The summed E-state index contributed by atoms with van der Waals surface area (Å²) in [5.41, 5.74) is 2.99. The van der Waals surface area contributed by atoms with Gasteiger partial charge < -0.3 is 10.0 Å². The van der Waals surface area contributed by atoms with E-state index in [1.54, 1.807) is 6.20 Å². The Bertz CT molecular complexity index is 792. The molecule has 2 aromatic rings. The summed E-state index contributed by atoms with van der Waals surface area (Å²) >= 11 is 0. The van der Waals surface area contributed by atoms with Crippen LogP contribution >= 0.6 is 0 Å². The Labute approximate surface area is 154 Å². The molecule has 2 aliphatic rings. The number of aryl methyl sites for hydroxylation is 1. The molecule has 4 nitrogen and oxygen atoms in total. The molecule has 4 heteroatoms. The molecule has 4 rings (SSSR count). The standard InChI is InChI=1S/C22H26N2O2/c1-16-9-10-23-18(11-16)12-21(26)24-19-7-8-20(24)22(14-19,15-25)13-17-5-3-2-4-6-17/h2-6,9-11,19-20,25H,7-8,12-15H2,1H3/t19-,20+,22-/m1/s1. The van der Waals surface area contributed by atoms with Gasteiger partial charge in [-0.2, -0.15) is 0 Å². The van der Waals surface area contributed by atoms with E-state index in [1.165, 1.54) is 5.56 Å². The van der Waals surface area contributed by atoms with E-state index >= 15 is 0 Å². The first-order valence-electron chi connectivity index (χ1n) is 9.49. The lowest BCUT2D eigenvalue weighted by molar-refractivity contribution is -0.132. The zero-order valence-corrected chi connectivity index (χ0v) is 15.3. The van der Waals surface area contributed by atoms with Crippen molar-refractivity contribution in [3.8, 4) is 0 Å². The van der Waals surface area contributed by atoms with Crippen molar-refractivity contribution >= 4 is 5.91 Å². The van der Waals surface area contributed by atoms with Gasteiger partial charge in [-0.05, 0) is 55.9 Å². The van der Waals surface area contributed by atoms with Gasteiger partial charge in [-0.15, -0.1) is 0 Å². The lowest BCUT2D eigenvalue weighted by Gasteiger charge is -2.36. The van der Waals surface area contributed by atoms with Crippen molar-refractivity contribution in [3.63, 3.8) is 0 Å². The van der Waals surface area contributed by atoms with Crippen molar-refractivity contribution in [2.45, 2.75) is 51.1 Å². The van der Waals surface area contributed by atoms with Gasteiger partial charge in [0.25, 0.3) is 0 Å². The number of hydrogen-bond donors (Lipinski definition) is 1. The number of carbonyl (C=O) groups is 1. The molecule has 3 atom stereocenters. The van der Waals surface area contributed by atoms with Gasteiger partial charge in [0.05, 0.1) is 13.0 Å². The normalized spacial score (nSPS) is 27.1. The van der Waals surface area contributed by atoms with Gasteiger partial charge in [-0.1, -0.05) is 30.3 Å². The number of aliphatic hydroxyl groups is 1. The van der Waals surface area contributed by atoms with E-state index in [0.717, 1.165) is 36.9 Å². The van der Waals surface area contributed by atoms with E-state index in [0.29, 0.717) is 6.42 Å². The van der Waals surface area contributed by atoms with Crippen LogP contribution in [0.15, 0.2) is 48.7 Å². The third-order valence-corrected chi connectivity index (χ3v) is 6.16. The van der Waals surface area contributed by atoms with E-state index in [4.69, 9.17) is 0 Å². The maximum absolute atomic E-state index is 13.0.